The number of rotatable bonds is 7. The molecule has 0 unspecified atom stereocenters. The third-order valence-electron chi connectivity index (χ3n) is 5.46. The van der Waals surface area contributed by atoms with E-state index in [2.05, 4.69) is 15.7 Å². The smallest absolute Gasteiger partial charge is 0.279 e. The second kappa shape index (κ2) is 10.4. The maximum absolute atomic E-state index is 13.1. The van der Waals surface area contributed by atoms with E-state index in [9.17, 15) is 14.4 Å². The highest BCUT2D eigenvalue weighted by Crippen LogP contribution is 2.26. The maximum Gasteiger partial charge on any atom is 0.279 e. The number of ether oxygens (including phenoxy) is 1. The second-order valence-corrected chi connectivity index (χ2v) is 8.12. The molecule has 9 heteroatoms. The molecule has 0 saturated carbocycles. The monoisotopic (exact) mass is 490 g/mol. The Morgan fingerprint density at radius 3 is 2.40 bits per heavy atom. The minimum absolute atomic E-state index is 0.00670. The predicted molar refractivity (Wildman–Crippen MR) is 136 cm³/mol. The number of hydrogen-bond acceptors (Lipinski definition) is 5. The summed E-state index contributed by atoms with van der Waals surface area (Å²) in [6.07, 6.45) is 0.899. The quantitative estimate of drug-likeness (QED) is 0.408. The van der Waals surface area contributed by atoms with Crippen LogP contribution in [0, 0.1) is 0 Å². The number of anilines is 1. The number of fused-ring (bicyclic) bond motifs is 1. The van der Waals surface area contributed by atoms with Gasteiger partial charge >= 0.3 is 0 Å². The summed E-state index contributed by atoms with van der Waals surface area (Å²) >= 11 is 6.23. The van der Waals surface area contributed by atoms with Crippen molar-refractivity contribution in [2.45, 2.75) is 13.3 Å². The number of nitrogens with zero attached hydrogens (tertiary/aromatic N) is 2. The lowest BCUT2D eigenvalue weighted by Gasteiger charge is -2.12. The molecular weight excluding hydrogens is 468 g/mol. The summed E-state index contributed by atoms with van der Waals surface area (Å²) in [6, 6.07) is 18.9. The first-order valence-electron chi connectivity index (χ1n) is 10.9. The van der Waals surface area contributed by atoms with Crippen molar-refractivity contribution < 1.29 is 14.3 Å². The summed E-state index contributed by atoms with van der Waals surface area (Å²) in [4.78, 5) is 38.5. The number of methoxy groups -OCH3 is 1. The van der Waals surface area contributed by atoms with E-state index in [0.717, 1.165) is 16.7 Å². The minimum Gasteiger partial charge on any atom is -0.495 e. The normalized spacial score (nSPS) is 10.7. The Balaban J connectivity index is 1.60. The molecule has 178 valence electrons. The zero-order chi connectivity index (χ0) is 24.9. The highest BCUT2D eigenvalue weighted by molar-refractivity contribution is 6.32. The lowest BCUT2D eigenvalue weighted by Crippen LogP contribution is -2.35. The predicted octanol–water partition coefficient (Wildman–Crippen LogP) is 3.98. The van der Waals surface area contributed by atoms with E-state index in [-0.39, 0.29) is 18.1 Å². The van der Waals surface area contributed by atoms with Crippen LogP contribution in [0.4, 0.5) is 5.69 Å². The average Bonchev–Trinajstić information content (AvgIpc) is 2.88. The molecule has 1 heterocycles. The zero-order valence-corrected chi connectivity index (χ0v) is 19.9. The van der Waals surface area contributed by atoms with Gasteiger partial charge in [-0.1, -0.05) is 48.9 Å². The Morgan fingerprint density at radius 1 is 1.03 bits per heavy atom. The van der Waals surface area contributed by atoms with Gasteiger partial charge in [-0.3, -0.25) is 14.4 Å². The number of aromatic nitrogens is 2. The molecular formula is C26H23ClN4O4. The Labute approximate surface area is 206 Å². The van der Waals surface area contributed by atoms with E-state index in [1.165, 1.54) is 13.2 Å². The third-order valence-corrected chi connectivity index (χ3v) is 5.75. The molecule has 2 amide bonds. The number of amides is 2. The van der Waals surface area contributed by atoms with E-state index in [1.54, 1.807) is 36.4 Å². The second-order valence-electron chi connectivity index (χ2n) is 7.71. The van der Waals surface area contributed by atoms with Crippen molar-refractivity contribution in [3.63, 3.8) is 0 Å². The Kier molecular flexibility index (Phi) is 7.12. The van der Waals surface area contributed by atoms with E-state index in [0.29, 0.717) is 32.9 Å². The van der Waals surface area contributed by atoms with Crippen molar-refractivity contribution in [1.29, 1.82) is 0 Å². The van der Waals surface area contributed by atoms with Gasteiger partial charge in [0.05, 0.1) is 29.8 Å². The highest BCUT2D eigenvalue weighted by atomic mass is 35.5. The lowest BCUT2D eigenvalue weighted by molar-refractivity contribution is -0.115. The van der Waals surface area contributed by atoms with Crippen LogP contribution in [0.2, 0.25) is 5.02 Å². The van der Waals surface area contributed by atoms with Crippen LogP contribution in [-0.4, -0.2) is 35.2 Å². The van der Waals surface area contributed by atoms with E-state index in [4.69, 9.17) is 16.3 Å². The topological polar surface area (TPSA) is 102 Å². The van der Waals surface area contributed by atoms with Gasteiger partial charge in [0, 0.05) is 11.1 Å². The van der Waals surface area contributed by atoms with Crippen molar-refractivity contribution in [3.8, 4) is 11.4 Å². The molecule has 0 fully saturated rings. The molecule has 0 atom stereocenters. The van der Waals surface area contributed by atoms with Crippen molar-refractivity contribution in [1.82, 2.24) is 15.1 Å². The average molecular weight is 491 g/mol. The van der Waals surface area contributed by atoms with Crippen LogP contribution >= 0.6 is 11.6 Å². The van der Waals surface area contributed by atoms with Gasteiger partial charge < -0.3 is 15.4 Å². The minimum atomic E-state index is -0.592. The molecule has 4 rings (SSSR count). The molecule has 0 bridgehead atoms. The fourth-order valence-electron chi connectivity index (χ4n) is 3.59. The Hall–Kier alpha value is -4.17. The molecule has 8 nitrogen and oxygen atoms in total. The molecule has 1 aromatic heterocycles. The third kappa shape index (κ3) is 5.17. The molecule has 3 aromatic carbocycles. The van der Waals surface area contributed by atoms with Crippen LogP contribution in [0.1, 0.15) is 23.0 Å². The van der Waals surface area contributed by atoms with Gasteiger partial charge in [-0.2, -0.15) is 9.78 Å². The first kappa shape index (κ1) is 24.0. The van der Waals surface area contributed by atoms with Crippen LogP contribution in [0.25, 0.3) is 16.5 Å². The van der Waals surface area contributed by atoms with E-state index >= 15 is 0 Å². The summed E-state index contributed by atoms with van der Waals surface area (Å²) in [5.41, 5.74) is 1.75. The standard InChI is InChI=1S/C26H23ClN4O4/c1-3-16-8-10-17(11-9-16)29-23(32)15-28-25(33)24-19-6-4-5-7-20(19)26(34)31(30-24)18-12-13-22(35-2)21(27)14-18/h4-14H,3,15H2,1-2H3,(H,28,33)(H,29,32). The molecule has 0 aliphatic heterocycles. The number of halogens is 1. The Morgan fingerprint density at radius 2 is 1.74 bits per heavy atom. The Bertz CT molecular complexity index is 1460. The van der Waals surface area contributed by atoms with Gasteiger partial charge in [0.15, 0.2) is 5.69 Å². The fraction of sp³-hybridized carbons (Fsp3) is 0.154. The number of aryl methyl sites for hydroxylation is 1. The summed E-state index contributed by atoms with van der Waals surface area (Å²) < 4.78 is 6.27. The van der Waals surface area contributed by atoms with E-state index < -0.39 is 11.5 Å². The van der Waals surface area contributed by atoms with E-state index in [1.807, 2.05) is 31.2 Å². The van der Waals surface area contributed by atoms with Gasteiger partial charge in [-0.05, 0) is 48.4 Å². The number of carbonyl (C=O) groups excluding carboxylic acids is 2. The van der Waals surface area contributed by atoms with Crippen molar-refractivity contribution in [2.24, 2.45) is 0 Å². The van der Waals surface area contributed by atoms with Gasteiger partial charge in [-0.15, -0.1) is 0 Å². The summed E-state index contributed by atoms with van der Waals surface area (Å²) in [5, 5.41) is 10.6. The molecule has 2 N–H and O–H groups in total. The first-order chi connectivity index (χ1) is 16.9. The molecule has 0 saturated heterocycles. The SMILES string of the molecule is CCc1ccc(NC(=O)CNC(=O)c2nn(-c3ccc(OC)c(Cl)c3)c(=O)c3ccccc23)cc1. The van der Waals surface area contributed by atoms with Crippen LogP contribution in [-0.2, 0) is 11.2 Å². The lowest BCUT2D eigenvalue weighted by atomic mass is 10.1. The largest absolute Gasteiger partial charge is 0.495 e. The van der Waals surface area contributed by atoms with Crippen molar-refractivity contribution in [2.75, 3.05) is 19.0 Å². The summed E-state index contributed by atoms with van der Waals surface area (Å²) in [5.74, 6) is -0.536. The zero-order valence-electron chi connectivity index (χ0n) is 19.2. The van der Waals surface area contributed by atoms with Crippen molar-refractivity contribution >= 4 is 39.9 Å². The molecule has 0 radical (unpaired) electrons. The summed E-state index contributed by atoms with van der Waals surface area (Å²) in [7, 11) is 1.49. The maximum atomic E-state index is 13.1. The molecule has 4 aromatic rings. The number of nitrogens with one attached hydrogen (secondary N) is 2. The van der Waals surface area contributed by atoms with Crippen LogP contribution in [0.3, 0.4) is 0 Å². The fourth-order valence-corrected chi connectivity index (χ4v) is 3.84. The summed E-state index contributed by atoms with van der Waals surface area (Å²) in [6.45, 7) is 1.78. The van der Waals surface area contributed by atoms with Crippen LogP contribution < -0.4 is 20.9 Å². The molecule has 0 aliphatic carbocycles. The van der Waals surface area contributed by atoms with Gasteiger partial charge in [-0.25, -0.2) is 0 Å². The van der Waals surface area contributed by atoms with Gasteiger partial charge in [0.25, 0.3) is 11.5 Å². The molecule has 0 spiro atoms. The molecule has 0 aliphatic rings. The number of carbonyl (C=O) groups is 2. The van der Waals surface area contributed by atoms with Gasteiger partial charge in [0.1, 0.15) is 5.75 Å². The molecule has 35 heavy (non-hydrogen) atoms. The highest BCUT2D eigenvalue weighted by Gasteiger charge is 2.18. The first-order valence-corrected chi connectivity index (χ1v) is 11.3. The number of hydrogen-bond donors (Lipinski definition) is 2. The van der Waals surface area contributed by atoms with Crippen LogP contribution in [0.5, 0.6) is 5.75 Å². The van der Waals surface area contributed by atoms with Crippen LogP contribution in [0.15, 0.2) is 71.5 Å². The number of benzene rings is 3. The van der Waals surface area contributed by atoms with Crippen molar-refractivity contribution in [3.05, 3.63) is 93.4 Å². The van der Waals surface area contributed by atoms with Gasteiger partial charge in [0.2, 0.25) is 5.91 Å².